The van der Waals surface area contributed by atoms with Crippen molar-refractivity contribution in [1.82, 2.24) is 50.2 Å². The molecule has 0 aromatic heterocycles. The lowest BCUT2D eigenvalue weighted by atomic mass is 9.81. The van der Waals surface area contributed by atoms with Gasteiger partial charge in [-0.15, -0.1) is 0 Å². The van der Waals surface area contributed by atoms with Crippen LogP contribution >= 0.6 is 0 Å². The SMILES string of the molecule is C/C=C\C[C@@H](C)[C@H](O)C(C(=O)N[C@@H](CC)C(=O)N(C)CC(=O)N(C)[C@H](C(N)=O)C(C)C)N(C)C(=O)[C@@H](C(C)C)N(C)C(=O)[C@@H](CC(C)C)N(C)C(=O)[C@@H](CC(C)C)N(C)C(=O)[C@H](C)NC(=O)C(CC(C)C)NC(=O)[C@H](C)N(C)C(=O)[C@H](C)C(C)(C)C. The number of carbonyl (C=O) groups is 11. The predicted octanol–water partition coefficient (Wildman–Crippen LogP) is 3.89. The Bertz CT molecular complexity index is 2340. The number of nitrogens with one attached hydrogen (secondary N) is 3. The molecule has 11 amide bonds. The molecule has 0 bridgehead atoms. The maximum atomic E-state index is 15.1. The summed E-state index contributed by atoms with van der Waals surface area (Å²) < 4.78 is 0. The van der Waals surface area contributed by atoms with Crippen molar-refractivity contribution < 1.29 is 57.8 Å². The summed E-state index contributed by atoms with van der Waals surface area (Å²) in [4.78, 5) is 163. The van der Waals surface area contributed by atoms with Gasteiger partial charge in [-0.3, -0.25) is 52.7 Å². The number of primary amides is 1. The summed E-state index contributed by atoms with van der Waals surface area (Å²) in [5.74, 6) is -9.01. The topological polar surface area (TPSA) is 293 Å². The lowest BCUT2D eigenvalue weighted by Crippen LogP contribution is -2.63. The van der Waals surface area contributed by atoms with Crippen LogP contribution in [0.25, 0.3) is 0 Å². The molecule has 2 unspecified atom stereocenters. The van der Waals surface area contributed by atoms with Crippen molar-refractivity contribution >= 4 is 65.0 Å². The van der Waals surface area contributed by atoms with E-state index < -0.39 is 144 Å². The highest BCUT2D eigenvalue weighted by molar-refractivity contribution is 5.99. The number of aliphatic hydroxyl groups is 1. The van der Waals surface area contributed by atoms with Gasteiger partial charge in [0.15, 0.2) is 0 Å². The van der Waals surface area contributed by atoms with Crippen LogP contribution in [0.4, 0.5) is 0 Å². The largest absolute Gasteiger partial charge is 0.390 e. The maximum absolute atomic E-state index is 15.1. The summed E-state index contributed by atoms with van der Waals surface area (Å²) in [7, 11) is 10.0. The van der Waals surface area contributed by atoms with E-state index in [-0.39, 0.29) is 60.7 Å². The Morgan fingerprint density at radius 1 is 0.500 bits per heavy atom. The molecule has 0 heterocycles. The van der Waals surface area contributed by atoms with Gasteiger partial charge in [0.05, 0.1) is 12.6 Å². The first-order chi connectivity index (χ1) is 39.4. The highest BCUT2D eigenvalue weighted by Crippen LogP contribution is 2.28. The number of nitrogens with zero attached hydrogens (tertiary/aromatic N) is 7. The first-order valence-electron chi connectivity index (χ1n) is 30.7. The molecule has 0 aromatic carbocycles. The van der Waals surface area contributed by atoms with Crippen molar-refractivity contribution in [2.45, 2.75) is 224 Å². The van der Waals surface area contributed by atoms with Crippen LogP contribution in [-0.4, -0.2) is 221 Å². The molecule has 23 heteroatoms. The molecule has 0 saturated carbocycles. The summed E-state index contributed by atoms with van der Waals surface area (Å²) in [6.07, 6.45) is 2.98. The van der Waals surface area contributed by atoms with Gasteiger partial charge in [0.2, 0.25) is 65.0 Å². The Morgan fingerprint density at radius 3 is 1.36 bits per heavy atom. The van der Waals surface area contributed by atoms with E-state index in [1.807, 2.05) is 62.3 Å². The van der Waals surface area contributed by atoms with Gasteiger partial charge >= 0.3 is 0 Å². The van der Waals surface area contributed by atoms with Crippen molar-refractivity contribution in [2.24, 2.45) is 52.6 Å². The third-order valence-corrected chi connectivity index (χ3v) is 16.5. The molecular weight excluding hydrogens is 1100 g/mol. The number of nitrogens with two attached hydrogens (primary N) is 1. The third kappa shape index (κ3) is 22.9. The summed E-state index contributed by atoms with van der Waals surface area (Å²) in [6, 6.07) is -10.5. The van der Waals surface area contributed by atoms with Gasteiger partial charge in [-0.1, -0.05) is 123 Å². The second-order valence-corrected chi connectivity index (χ2v) is 26.9. The Kier molecular flexibility index (Phi) is 33.1. The van der Waals surface area contributed by atoms with Crippen LogP contribution in [0.1, 0.15) is 164 Å². The van der Waals surface area contributed by atoms with E-state index in [1.165, 1.54) is 73.7 Å². The van der Waals surface area contributed by atoms with Gasteiger partial charge in [-0.05, 0) is 93.8 Å². The average molecular weight is 1220 g/mol. The Balaban J connectivity index is 7.14. The molecule has 0 aliphatic carbocycles. The summed E-state index contributed by atoms with van der Waals surface area (Å²) in [6.45, 7) is 33.5. The minimum atomic E-state index is -1.60. The van der Waals surface area contributed by atoms with Gasteiger partial charge in [0, 0.05) is 55.3 Å². The quantitative estimate of drug-likeness (QED) is 0.0574. The van der Waals surface area contributed by atoms with Crippen molar-refractivity contribution in [3.8, 4) is 0 Å². The number of amides is 11. The first-order valence-corrected chi connectivity index (χ1v) is 30.7. The van der Waals surface area contributed by atoms with Crippen LogP contribution in [0.3, 0.4) is 0 Å². The van der Waals surface area contributed by atoms with E-state index in [0.717, 1.165) is 9.80 Å². The molecule has 86 heavy (non-hydrogen) atoms. The van der Waals surface area contributed by atoms with Gasteiger partial charge < -0.3 is 61.1 Å². The zero-order valence-corrected chi connectivity index (χ0v) is 57.4. The van der Waals surface area contributed by atoms with E-state index in [0.29, 0.717) is 6.42 Å². The highest BCUT2D eigenvalue weighted by atomic mass is 16.3. The fraction of sp³-hybridized carbons (Fsp3) is 0.794. The standard InChI is InChI=1S/C63H115N11O12/c1-27-29-30-40(13)52(76)51(56(80)66-44(28-2)59(83)68(20)34-48(75)72(24)49(38(9)10)53(64)77)74(26)62(86)50(39(11)12)73(25)61(85)47(33-37(7)8)71(23)60(84)46(32-36(5)6)70(22)58(82)42(15)65-55(79)45(31-35(3)4)67-54(78)43(16)69(21)57(81)41(14)63(17,18)19/h27,29,35-47,49-52,76H,28,30-34H2,1-26H3,(H2,64,77)(H,65,79)(H,66,80)(H,67,78)/b29-27-/t40-,41+,42+,43+,44+,45?,46-,47-,49+,50-,51?,52+/m1/s1. The van der Waals surface area contributed by atoms with E-state index >= 15 is 14.4 Å². The molecule has 6 N–H and O–H groups in total. The molecule has 0 radical (unpaired) electrons. The molecule has 23 nitrogen and oxygen atoms in total. The average Bonchev–Trinajstić information content (AvgIpc) is 1.55. The maximum Gasteiger partial charge on any atom is 0.246 e. The normalized spacial score (nSPS) is 16.1. The molecule has 0 saturated heterocycles. The number of likely N-dealkylation sites (N-methyl/N-ethyl adjacent to an activating group) is 7. The first kappa shape index (κ1) is 79.9. The fourth-order valence-electron chi connectivity index (χ4n) is 10.4. The molecule has 0 aromatic rings. The molecule has 0 spiro atoms. The van der Waals surface area contributed by atoms with Crippen molar-refractivity contribution in [2.75, 3.05) is 55.9 Å². The molecule has 0 aliphatic rings. The highest BCUT2D eigenvalue weighted by Gasteiger charge is 2.45. The Labute approximate surface area is 516 Å². The van der Waals surface area contributed by atoms with Gasteiger partial charge in [-0.25, -0.2) is 0 Å². The van der Waals surface area contributed by atoms with Crippen LogP contribution in [0.5, 0.6) is 0 Å². The van der Waals surface area contributed by atoms with Crippen molar-refractivity contribution in [1.29, 1.82) is 0 Å². The third-order valence-electron chi connectivity index (χ3n) is 16.5. The summed E-state index contributed by atoms with van der Waals surface area (Å²) >= 11 is 0. The van der Waals surface area contributed by atoms with E-state index in [4.69, 9.17) is 5.73 Å². The number of aliphatic hydroxyl groups excluding tert-OH is 1. The Hall–Kier alpha value is -6.13. The molecule has 0 rings (SSSR count). The number of rotatable bonds is 34. The van der Waals surface area contributed by atoms with Crippen LogP contribution in [0.15, 0.2) is 12.2 Å². The number of allylic oxidation sites excluding steroid dienone is 2. The fourth-order valence-corrected chi connectivity index (χ4v) is 10.4. The van der Waals surface area contributed by atoms with E-state index in [2.05, 4.69) is 16.0 Å². The van der Waals surface area contributed by atoms with Gasteiger partial charge in [0.25, 0.3) is 0 Å². The molecule has 494 valence electrons. The lowest BCUT2D eigenvalue weighted by Gasteiger charge is -2.41. The smallest absolute Gasteiger partial charge is 0.246 e. The van der Waals surface area contributed by atoms with Crippen LogP contribution in [0.2, 0.25) is 0 Å². The number of hydrogen-bond acceptors (Lipinski definition) is 12. The lowest BCUT2D eigenvalue weighted by molar-refractivity contribution is -0.157. The van der Waals surface area contributed by atoms with E-state index in [9.17, 15) is 43.5 Å². The van der Waals surface area contributed by atoms with Crippen LogP contribution in [0, 0.1) is 46.8 Å². The Morgan fingerprint density at radius 2 is 0.942 bits per heavy atom. The van der Waals surface area contributed by atoms with Crippen molar-refractivity contribution in [3.63, 3.8) is 0 Å². The number of carbonyl (C=O) groups excluding carboxylic acids is 11. The molecular formula is C63H115N11O12. The van der Waals surface area contributed by atoms with Gasteiger partial charge in [-0.2, -0.15) is 0 Å². The molecule has 12 atom stereocenters. The monoisotopic (exact) mass is 1220 g/mol. The zero-order chi connectivity index (χ0) is 67.5. The minimum Gasteiger partial charge on any atom is -0.390 e. The van der Waals surface area contributed by atoms with Crippen LogP contribution in [-0.2, 0) is 52.7 Å². The molecule has 0 fully saturated rings. The molecule has 0 aliphatic heterocycles. The van der Waals surface area contributed by atoms with E-state index in [1.54, 1.807) is 81.5 Å². The van der Waals surface area contributed by atoms with Gasteiger partial charge in [0.1, 0.15) is 54.4 Å². The van der Waals surface area contributed by atoms with Crippen LogP contribution < -0.4 is 21.7 Å². The predicted molar refractivity (Wildman–Crippen MR) is 335 cm³/mol. The second-order valence-electron chi connectivity index (χ2n) is 26.9. The summed E-state index contributed by atoms with van der Waals surface area (Å²) in [5.41, 5.74) is 5.22. The second kappa shape index (κ2) is 35.6. The zero-order valence-electron chi connectivity index (χ0n) is 57.4. The summed E-state index contributed by atoms with van der Waals surface area (Å²) in [5, 5.41) is 20.3. The number of hydrogen-bond donors (Lipinski definition) is 5. The minimum absolute atomic E-state index is 0.0529. The van der Waals surface area contributed by atoms with Crippen molar-refractivity contribution in [3.05, 3.63) is 12.2 Å².